The fourth-order valence-corrected chi connectivity index (χ4v) is 4.63. The van der Waals surface area contributed by atoms with Crippen molar-refractivity contribution in [3.8, 4) is 0 Å². The molecule has 1 unspecified atom stereocenters. The second-order valence-electron chi connectivity index (χ2n) is 5.90. The van der Waals surface area contributed by atoms with Gasteiger partial charge in [-0.25, -0.2) is 8.42 Å². The van der Waals surface area contributed by atoms with Crippen LogP contribution in [-0.4, -0.2) is 62.9 Å². The molecule has 5 nitrogen and oxygen atoms in total. The minimum atomic E-state index is -3.34. The average molecular weight is 346 g/mol. The Morgan fingerprint density at radius 3 is 2.36 bits per heavy atom. The van der Waals surface area contributed by atoms with Crippen LogP contribution in [0.4, 0.5) is 0 Å². The predicted molar refractivity (Wildman–Crippen MR) is 90.0 cm³/mol. The SMILES string of the molecule is Cc1ccc(S(=O)(=O)N2CCC(N3CCNCC3)C2)cc1.Cl. The normalized spacial score (nSPS) is 24.1. The smallest absolute Gasteiger partial charge is 0.243 e. The van der Waals surface area contributed by atoms with Gasteiger partial charge in [-0.15, -0.1) is 12.4 Å². The zero-order valence-electron chi connectivity index (χ0n) is 12.9. The van der Waals surface area contributed by atoms with Crippen LogP contribution in [0.1, 0.15) is 12.0 Å². The quantitative estimate of drug-likeness (QED) is 0.891. The third kappa shape index (κ3) is 3.63. The van der Waals surface area contributed by atoms with Crippen LogP contribution in [0.15, 0.2) is 29.2 Å². The summed E-state index contributed by atoms with van der Waals surface area (Å²) in [5, 5.41) is 3.34. The number of benzene rings is 1. The highest BCUT2D eigenvalue weighted by Crippen LogP contribution is 2.24. The van der Waals surface area contributed by atoms with Gasteiger partial charge in [0.1, 0.15) is 0 Å². The summed E-state index contributed by atoms with van der Waals surface area (Å²) in [4.78, 5) is 2.83. The fraction of sp³-hybridized carbons (Fsp3) is 0.600. The van der Waals surface area contributed by atoms with E-state index in [-0.39, 0.29) is 12.4 Å². The number of hydrogen-bond donors (Lipinski definition) is 1. The molecule has 0 bridgehead atoms. The first kappa shape index (κ1) is 17.7. The summed E-state index contributed by atoms with van der Waals surface area (Å²) >= 11 is 0. The number of halogens is 1. The van der Waals surface area contributed by atoms with Gasteiger partial charge in [0.05, 0.1) is 4.90 Å². The Kier molecular flexibility index (Phi) is 5.85. The second kappa shape index (κ2) is 7.27. The number of hydrogen-bond acceptors (Lipinski definition) is 4. The summed E-state index contributed by atoms with van der Waals surface area (Å²) in [6.07, 6.45) is 0.936. The van der Waals surface area contributed by atoms with Gasteiger partial charge in [-0.3, -0.25) is 4.90 Å². The highest BCUT2D eigenvalue weighted by atomic mass is 35.5. The lowest BCUT2D eigenvalue weighted by molar-refractivity contribution is 0.179. The van der Waals surface area contributed by atoms with Crippen LogP contribution in [0.5, 0.6) is 0 Å². The van der Waals surface area contributed by atoms with Gasteiger partial charge in [0, 0.05) is 45.3 Å². The van der Waals surface area contributed by atoms with E-state index >= 15 is 0 Å². The Labute approximate surface area is 139 Å². The van der Waals surface area contributed by atoms with Crippen molar-refractivity contribution in [2.45, 2.75) is 24.3 Å². The van der Waals surface area contributed by atoms with Crippen molar-refractivity contribution in [2.24, 2.45) is 0 Å². The number of nitrogens with one attached hydrogen (secondary N) is 1. The van der Waals surface area contributed by atoms with Gasteiger partial charge in [-0.2, -0.15) is 4.31 Å². The summed E-state index contributed by atoms with van der Waals surface area (Å²) in [5.41, 5.74) is 1.08. The van der Waals surface area contributed by atoms with Crippen molar-refractivity contribution in [3.63, 3.8) is 0 Å². The van der Waals surface area contributed by atoms with Crippen molar-refractivity contribution in [2.75, 3.05) is 39.3 Å². The van der Waals surface area contributed by atoms with Crippen molar-refractivity contribution >= 4 is 22.4 Å². The fourth-order valence-electron chi connectivity index (χ4n) is 3.13. The first-order chi connectivity index (χ1) is 10.1. The molecule has 1 aromatic rings. The van der Waals surface area contributed by atoms with Gasteiger partial charge in [0.15, 0.2) is 0 Å². The van der Waals surface area contributed by atoms with Crippen LogP contribution in [0.2, 0.25) is 0 Å². The van der Waals surface area contributed by atoms with Crippen LogP contribution < -0.4 is 5.32 Å². The van der Waals surface area contributed by atoms with Crippen molar-refractivity contribution in [3.05, 3.63) is 29.8 Å². The first-order valence-electron chi connectivity index (χ1n) is 7.59. The van der Waals surface area contributed by atoms with E-state index in [2.05, 4.69) is 10.2 Å². The molecule has 2 fully saturated rings. The number of aryl methyl sites for hydroxylation is 1. The molecule has 124 valence electrons. The highest BCUT2D eigenvalue weighted by molar-refractivity contribution is 7.89. The zero-order valence-corrected chi connectivity index (χ0v) is 14.5. The topological polar surface area (TPSA) is 52.7 Å². The van der Waals surface area contributed by atoms with Gasteiger partial charge in [-0.05, 0) is 25.5 Å². The van der Waals surface area contributed by atoms with E-state index in [1.165, 1.54) is 0 Å². The minimum Gasteiger partial charge on any atom is -0.314 e. The highest BCUT2D eigenvalue weighted by Gasteiger charge is 2.35. The lowest BCUT2D eigenvalue weighted by Crippen LogP contribution is -2.49. The van der Waals surface area contributed by atoms with Gasteiger partial charge < -0.3 is 5.32 Å². The molecular weight excluding hydrogens is 322 g/mol. The Bertz CT molecular complexity index is 585. The largest absolute Gasteiger partial charge is 0.314 e. The summed E-state index contributed by atoms with van der Waals surface area (Å²) in [7, 11) is -3.34. The van der Waals surface area contributed by atoms with Crippen molar-refractivity contribution in [1.29, 1.82) is 0 Å². The number of nitrogens with zero attached hydrogens (tertiary/aromatic N) is 2. The van der Waals surface area contributed by atoms with Crippen molar-refractivity contribution < 1.29 is 8.42 Å². The molecule has 2 aliphatic rings. The van der Waals surface area contributed by atoms with Crippen LogP contribution in [0, 0.1) is 6.92 Å². The Morgan fingerprint density at radius 1 is 1.09 bits per heavy atom. The second-order valence-corrected chi connectivity index (χ2v) is 7.84. The summed E-state index contributed by atoms with van der Waals surface area (Å²) in [6.45, 7) is 7.25. The molecule has 7 heteroatoms. The average Bonchev–Trinajstić information content (AvgIpc) is 2.99. The van der Waals surface area contributed by atoms with Gasteiger partial charge in [0.25, 0.3) is 0 Å². The maximum atomic E-state index is 12.7. The molecular formula is C15H24ClN3O2S. The Hall–Kier alpha value is -0.660. The van der Waals surface area contributed by atoms with E-state index in [0.717, 1.165) is 38.2 Å². The Balaban J connectivity index is 0.00000176. The molecule has 1 atom stereocenters. The maximum absolute atomic E-state index is 12.7. The maximum Gasteiger partial charge on any atom is 0.243 e. The molecule has 0 amide bonds. The summed E-state index contributed by atoms with van der Waals surface area (Å²) in [6, 6.07) is 7.51. The molecule has 22 heavy (non-hydrogen) atoms. The molecule has 2 heterocycles. The number of rotatable bonds is 3. The number of sulfonamides is 1. The van der Waals surface area contributed by atoms with Crippen molar-refractivity contribution in [1.82, 2.24) is 14.5 Å². The van der Waals surface area contributed by atoms with Gasteiger partial charge in [0.2, 0.25) is 10.0 Å². The third-order valence-corrected chi connectivity index (χ3v) is 6.33. The molecule has 1 aromatic carbocycles. The van der Waals surface area contributed by atoms with E-state index in [1.807, 2.05) is 19.1 Å². The molecule has 3 rings (SSSR count). The van der Waals surface area contributed by atoms with E-state index < -0.39 is 10.0 Å². The van der Waals surface area contributed by atoms with Crippen LogP contribution in [-0.2, 0) is 10.0 Å². The van der Waals surface area contributed by atoms with Crippen LogP contribution in [0.25, 0.3) is 0 Å². The molecule has 2 aliphatic heterocycles. The Morgan fingerprint density at radius 2 is 1.73 bits per heavy atom. The predicted octanol–water partition coefficient (Wildman–Crippen LogP) is 1.09. The number of piperazine rings is 1. The van der Waals surface area contributed by atoms with Crippen LogP contribution >= 0.6 is 12.4 Å². The minimum absolute atomic E-state index is 0. The third-order valence-electron chi connectivity index (χ3n) is 4.45. The van der Waals surface area contributed by atoms with E-state index in [9.17, 15) is 8.42 Å². The van der Waals surface area contributed by atoms with E-state index in [4.69, 9.17) is 0 Å². The monoisotopic (exact) mass is 345 g/mol. The lowest BCUT2D eigenvalue weighted by atomic mass is 10.2. The van der Waals surface area contributed by atoms with E-state index in [0.29, 0.717) is 24.0 Å². The molecule has 0 aromatic heterocycles. The van der Waals surface area contributed by atoms with Crippen LogP contribution in [0.3, 0.4) is 0 Å². The molecule has 2 saturated heterocycles. The molecule has 0 saturated carbocycles. The molecule has 0 radical (unpaired) electrons. The molecule has 1 N–H and O–H groups in total. The lowest BCUT2D eigenvalue weighted by Gasteiger charge is -2.32. The van der Waals surface area contributed by atoms with Gasteiger partial charge >= 0.3 is 0 Å². The zero-order chi connectivity index (χ0) is 14.9. The standard InChI is InChI=1S/C15H23N3O2S.ClH/c1-13-2-4-15(5-3-13)21(19,20)18-9-6-14(12-18)17-10-7-16-8-11-17;/h2-5,14,16H,6-12H2,1H3;1H. The first-order valence-corrected chi connectivity index (χ1v) is 9.03. The summed E-state index contributed by atoms with van der Waals surface area (Å²) in [5.74, 6) is 0. The summed E-state index contributed by atoms with van der Waals surface area (Å²) < 4.78 is 27.0. The molecule has 0 spiro atoms. The van der Waals surface area contributed by atoms with Gasteiger partial charge in [-0.1, -0.05) is 17.7 Å². The molecule has 0 aliphatic carbocycles. The van der Waals surface area contributed by atoms with E-state index in [1.54, 1.807) is 16.4 Å².